The zero-order valence-corrected chi connectivity index (χ0v) is 18.6. The van der Waals surface area contributed by atoms with Crippen LogP contribution in [0.2, 0.25) is 0 Å². The van der Waals surface area contributed by atoms with Crippen LogP contribution in [0.1, 0.15) is 28.2 Å². The van der Waals surface area contributed by atoms with Crippen LogP contribution in [0.25, 0.3) is 11.4 Å². The van der Waals surface area contributed by atoms with Gasteiger partial charge in [-0.05, 0) is 49.1 Å². The molecule has 160 valence electrons. The van der Waals surface area contributed by atoms with Crippen LogP contribution < -0.4 is 5.32 Å². The molecule has 4 heterocycles. The Balaban J connectivity index is 1.34. The van der Waals surface area contributed by atoms with Gasteiger partial charge < -0.3 is 9.73 Å². The summed E-state index contributed by atoms with van der Waals surface area (Å²) in [5, 5.41) is 22.3. The predicted octanol–water partition coefficient (Wildman–Crippen LogP) is 4.13. The van der Waals surface area contributed by atoms with Crippen LogP contribution in [-0.2, 0) is 24.2 Å². The van der Waals surface area contributed by atoms with Gasteiger partial charge in [-0.1, -0.05) is 11.8 Å². The van der Waals surface area contributed by atoms with Crippen LogP contribution in [0.4, 0.5) is 5.00 Å². The Morgan fingerprint density at radius 3 is 3.03 bits per heavy atom. The molecule has 5 rings (SSSR count). The highest BCUT2D eigenvalue weighted by molar-refractivity contribution is 7.99. The first-order chi connectivity index (χ1) is 15.7. The third-order valence-corrected chi connectivity index (χ3v) is 7.32. The molecule has 4 aromatic heterocycles. The van der Waals surface area contributed by atoms with Gasteiger partial charge in [-0.15, -0.1) is 21.5 Å². The molecule has 1 N–H and O–H groups in total. The molecule has 8 nitrogen and oxygen atoms in total. The highest BCUT2D eigenvalue weighted by atomic mass is 32.2. The number of anilines is 1. The molecule has 0 aliphatic heterocycles. The van der Waals surface area contributed by atoms with Crippen molar-refractivity contribution in [3.63, 3.8) is 0 Å². The largest absolute Gasteiger partial charge is 0.467 e. The van der Waals surface area contributed by atoms with E-state index in [1.165, 1.54) is 28.0 Å². The van der Waals surface area contributed by atoms with Crippen LogP contribution >= 0.6 is 23.1 Å². The number of thioether (sulfide) groups is 1. The lowest BCUT2D eigenvalue weighted by Crippen LogP contribution is -2.15. The first-order valence-corrected chi connectivity index (χ1v) is 11.9. The standard InChI is InChI=1S/C22H18N6O2S2/c23-10-17-16-6-1-7-18(16)32-21(17)25-19(29)13-31-22-27-26-20(14-4-2-8-24-11-14)28(22)12-15-5-3-9-30-15/h2-5,8-9,11H,1,6-7,12-13H2,(H,25,29). The van der Waals surface area contributed by atoms with Crippen molar-refractivity contribution >= 4 is 34.0 Å². The number of hydrogen-bond acceptors (Lipinski definition) is 8. The van der Waals surface area contributed by atoms with Crippen LogP contribution in [0, 0.1) is 11.3 Å². The lowest BCUT2D eigenvalue weighted by molar-refractivity contribution is -0.113. The number of fused-ring (bicyclic) bond motifs is 1. The zero-order valence-electron chi connectivity index (χ0n) is 16.9. The number of nitriles is 1. The van der Waals surface area contributed by atoms with E-state index < -0.39 is 0 Å². The van der Waals surface area contributed by atoms with Gasteiger partial charge in [0.15, 0.2) is 11.0 Å². The van der Waals surface area contributed by atoms with Crippen molar-refractivity contribution < 1.29 is 9.21 Å². The Kier molecular flexibility index (Phi) is 5.75. The molecule has 0 spiro atoms. The Bertz CT molecular complexity index is 1290. The number of aryl methyl sites for hydroxylation is 1. The highest BCUT2D eigenvalue weighted by Gasteiger charge is 2.23. The van der Waals surface area contributed by atoms with Crippen molar-refractivity contribution in [2.75, 3.05) is 11.1 Å². The molecule has 4 aromatic rings. The molecule has 10 heteroatoms. The number of pyridine rings is 1. The molecule has 32 heavy (non-hydrogen) atoms. The number of carbonyl (C=O) groups excluding carboxylic acids is 1. The Morgan fingerprint density at radius 2 is 2.25 bits per heavy atom. The van der Waals surface area contributed by atoms with Crippen LogP contribution in [0.3, 0.4) is 0 Å². The van der Waals surface area contributed by atoms with Gasteiger partial charge in [-0.2, -0.15) is 5.26 Å². The molecule has 0 radical (unpaired) electrons. The molecule has 0 saturated carbocycles. The molecule has 0 aromatic carbocycles. The SMILES string of the molecule is N#Cc1c(NC(=O)CSc2nnc(-c3cccnc3)n2Cc2ccco2)sc2c1CCC2. The van der Waals surface area contributed by atoms with Crippen molar-refractivity contribution in [1.82, 2.24) is 19.7 Å². The molecule has 1 aliphatic rings. The minimum Gasteiger partial charge on any atom is -0.467 e. The summed E-state index contributed by atoms with van der Waals surface area (Å²) in [5.41, 5.74) is 2.54. The second-order valence-electron chi connectivity index (χ2n) is 7.22. The maximum absolute atomic E-state index is 12.7. The predicted molar refractivity (Wildman–Crippen MR) is 121 cm³/mol. The topological polar surface area (TPSA) is 110 Å². The molecular weight excluding hydrogens is 444 g/mol. The second kappa shape index (κ2) is 8.98. The number of nitrogens with zero attached hydrogens (tertiary/aromatic N) is 5. The van der Waals surface area contributed by atoms with Gasteiger partial charge >= 0.3 is 0 Å². The van der Waals surface area contributed by atoms with E-state index in [1.807, 2.05) is 28.8 Å². The summed E-state index contributed by atoms with van der Waals surface area (Å²) in [6.07, 6.45) is 8.01. The Morgan fingerprint density at radius 1 is 1.31 bits per heavy atom. The smallest absolute Gasteiger partial charge is 0.235 e. The van der Waals surface area contributed by atoms with Gasteiger partial charge in [-0.25, -0.2) is 0 Å². The first-order valence-electron chi connectivity index (χ1n) is 10.1. The fraction of sp³-hybridized carbons (Fsp3) is 0.227. The summed E-state index contributed by atoms with van der Waals surface area (Å²) >= 11 is 2.81. The summed E-state index contributed by atoms with van der Waals surface area (Å²) in [5.74, 6) is 1.38. The minimum absolute atomic E-state index is 0.150. The number of furan rings is 1. The minimum atomic E-state index is -0.179. The van der Waals surface area contributed by atoms with E-state index in [9.17, 15) is 10.1 Å². The van der Waals surface area contributed by atoms with E-state index in [2.05, 4.69) is 26.6 Å². The van der Waals surface area contributed by atoms with E-state index in [-0.39, 0.29) is 11.7 Å². The number of thiophene rings is 1. The number of carbonyl (C=O) groups is 1. The highest BCUT2D eigenvalue weighted by Crippen LogP contribution is 2.38. The van der Waals surface area contributed by atoms with Crippen molar-refractivity contribution in [2.24, 2.45) is 0 Å². The quantitative estimate of drug-likeness (QED) is 0.411. The molecule has 0 fully saturated rings. The molecular formula is C22H18N6O2S2. The van der Waals surface area contributed by atoms with Gasteiger partial charge in [-0.3, -0.25) is 14.3 Å². The van der Waals surface area contributed by atoms with E-state index >= 15 is 0 Å². The molecule has 0 saturated heterocycles. The summed E-state index contributed by atoms with van der Waals surface area (Å²) in [7, 11) is 0. The number of aromatic nitrogens is 4. The first kappa shape index (κ1) is 20.5. The molecule has 0 bridgehead atoms. The van der Waals surface area contributed by atoms with Gasteiger partial charge in [0.25, 0.3) is 0 Å². The lowest BCUT2D eigenvalue weighted by Gasteiger charge is -2.09. The number of hydrogen-bond donors (Lipinski definition) is 1. The zero-order chi connectivity index (χ0) is 21.9. The number of nitrogens with one attached hydrogen (secondary N) is 1. The van der Waals surface area contributed by atoms with Crippen molar-refractivity contribution in [2.45, 2.75) is 31.0 Å². The molecule has 1 amide bonds. The van der Waals surface area contributed by atoms with E-state index in [0.717, 1.165) is 36.1 Å². The Hall–Kier alpha value is -3.42. The molecule has 1 aliphatic carbocycles. The normalized spacial score (nSPS) is 12.5. The van der Waals surface area contributed by atoms with Crippen LogP contribution in [0.5, 0.6) is 0 Å². The summed E-state index contributed by atoms with van der Waals surface area (Å²) in [6.45, 7) is 0.435. The summed E-state index contributed by atoms with van der Waals surface area (Å²) < 4.78 is 7.41. The monoisotopic (exact) mass is 462 g/mol. The van der Waals surface area contributed by atoms with Gasteiger partial charge in [0.2, 0.25) is 5.91 Å². The average molecular weight is 463 g/mol. The van der Waals surface area contributed by atoms with Crippen LogP contribution in [0.15, 0.2) is 52.5 Å². The maximum atomic E-state index is 12.7. The van der Waals surface area contributed by atoms with Crippen molar-refractivity contribution in [3.8, 4) is 17.5 Å². The third kappa shape index (κ3) is 4.04. The van der Waals surface area contributed by atoms with Gasteiger partial charge in [0.1, 0.15) is 16.8 Å². The Labute approximate surface area is 192 Å². The van der Waals surface area contributed by atoms with E-state index in [0.29, 0.717) is 28.1 Å². The third-order valence-electron chi connectivity index (χ3n) is 5.15. The number of rotatable bonds is 7. The van der Waals surface area contributed by atoms with E-state index in [1.54, 1.807) is 18.7 Å². The lowest BCUT2D eigenvalue weighted by atomic mass is 10.1. The number of amides is 1. The fourth-order valence-electron chi connectivity index (χ4n) is 3.71. The summed E-state index contributed by atoms with van der Waals surface area (Å²) in [6, 6.07) is 9.72. The average Bonchev–Trinajstić information content (AvgIpc) is 3.59. The molecule has 0 atom stereocenters. The van der Waals surface area contributed by atoms with Gasteiger partial charge in [0.05, 0.1) is 24.1 Å². The second-order valence-corrected chi connectivity index (χ2v) is 9.27. The molecule has 0 unspecified atom stereocenters. The van der Waals surface area contributed by atoms with Crippen molar-refractivity contribution in [1.29, 1.82) is 5.26 Å². The van der Waals surface area contributed by atoms with Crippen LogP contribution in [-0.4, -0.2) is 31.4 Å². The maximum Gasteiger partial charge on any atom is 0.235 e. The fourth-order valence-corrected chi connectivity index (χ4v) is 5.70. The summed E-state index contributed by atoms with van der Waals surface area (Å²) in [4.78, 5) is 18.0. The van der Waals surface area contributed by atoms with Gasteiger partial charge in [0, 0.05) is 22.8 Å². The van der Waals surface area contributed by atoms with E-state index in [4.69, 9.17) is 4.42 Å². The van der Waals surface area contributed by atoms with Crippen molar-refractivity contribution in [3.05, 3.63) is 64.7 Å².